The molecule has 0 aliphatic heterocycles. The van der Waals surface area contributed by atoms with Crippen molar-refractivity contribution in [2.24, 2.45) is 6.98 Å². The molecule has 0 fully saturated rings. The molecule has 0 aliphatic rings. The zero-order valence-corrected chi connectivity index (χ0v) is 5.37. The van der Waals surface area contributed by atoms with Crippen molar-refractivity contribution in [2.45, 2.75) is 0 Å². The van der Waals surface area contributed by atoms with Gasteiger partial charge >= 0.3 is 5.97 Å². The average Bonchev–Trinajstić information content (AvgIpc) is 2.49. The zero-order valence-electron chi connectivity index (χ0n) is 8.37. The van der Waals surface area contributed by atoms with Gasteiger partial charge in [0.1, 0.15) is 5.69 Å². The Balaban J connectivity index is 3.10. The van der Waals surface area contributed by atoms with Crippen LogP contribution in [0.1, 0.15) is 14.6 Å². The third-order valence-electron chi connectivity index (χ3n) is 1.04. The molecule has 1 aromatic heterocycles. The number of nitrogens with zero attached hydrogens (tertiary/aromatic N) is 2. The van der Waals surface area contributed by atoms with Gasteiger partial charge < -0.3 is 4.74 Å². The lowest BCUT2D eigenvalue weighted by Crippen LogP contribution is -2.07. The minimum Gasteiger partial charge on any atom is -0.464 e. The summed E-state index contributed by atoms with van der Waals surface area (Å²) >= 11 is 0. The van der Waals surface area contributed by atoms with E-state index in [0.717, 1.165) is 0 Å². The van der Waals surface area contributed by atoms with Crippen molar-refractivity contribution in [3.63, 3.8) is 0 Å². The van der Waals surface area contributed by atoms with Gasteiger partial charge in [0.15, 0.2) is 0 Å². The second-order valence-corrected chi connectivity index (χ2v) is 1.62. The highest BCUT2D eigenvalue weighted by Crippen LogP contribution is 1.96. The molecule has 0 unspecified atom stereocenters. The molecule has 4 nitrogen and oxygen atoms in total. The molecule has 10 heavy (non-hydrogen) atoms. The topological polar surface area (TPSA) is 44.1 Å². The van der Waals surface area contributed by atoms with E-state index >= 15 is 0 Å². The van der Waals surface area contributed by atoms with E-state index in [1.54, 1.807) is 0 Å². The number of esters is 1. The summed E-state index contributed by atoms with van der Waals surface area (Å²) in [4.78, 5) is 11.0. The van der Waals surface area contributed by atoms with Gasteiger partial charge in [-0.05, 0) is 6.07 Å². The van der Waals surface area contributed by atoms with E-state index in [1.165, 1.54) is 19.4 Å². The molecule has 54 valence electrons. The van der Waals surface area contributed by atoms with Crippen LogP contribution in [0.4, 0.5) is 0 Å². The molecule has 0 aliphatic carbocycles. The number of methoxy groups -OCH3 is 1. The van der Waals surface area contributed by atoms with Gasteiger partial charge in [-0.2, -0.15) is 5.10 Å². The van der Waals surface area contributed by atoms with Crippen LogP contribution in [0.3, 0.4) is 0 Å². The molecule has 1 aromatic rings. The molecule has 1 rings (SSSR count). The van der Waals surface area contributed by atoms with Gasteiger partial charge in [-0.1, -0.05) is 0 Å². The van der Waals surface area contributed by atoms with Crippen molar-refractivity contribution in [2.75, 3.05) is 7.11 Å². The minimum absolute atomic E-state index is 0.0810. The quantitative estimate of drug-likeness (QED) is 0.528. The fraction of sp³-hybridized carbons (Fsp3) is 0.333. The van der Waals surface area contributed by atoms with Crippen LogP contribution in [0.5, 0.6) is 0 Å². The van der Waals surface area contributed by atoms with E-state index in [2.05, 4.69) is 9.84 Å². The van der Waals surface area contributed by atoms with E-state index in [1.807, 2.05) is 0 Å². The maximum Gasteiger partial charge on any atom is 0.356 e. The SMILES string of the molecule is [2H]C([2H])([2H])n1nccc1C(=O)OC. The molecule has 0 aromatic carbocycles. The first-order chi connectivity index (χ1) is 5.96. The van der Waals surface area contributed by atoms with Gasteiger partial charge in [0.05, 0.1) is 7.11 Å². The summed E-state index contributed by atoms with van der Waals surface area (Å²) in [6, 6.07) is 1.29. The molecule has 0 radical (unpaired) electrons. The van der Waals surface area contributed by atoms with Crippen molar-refractivity contribution in [3.8, 4) is 0 Å². The summed E-state index contributed by atoms with van der Waals surface area (Å²) in [6.45, 7) is -2.45. The van der Waals surface area contributed by atoms with Gasteiger partial charge in [-0.15, -0.1) is 0 Å². The highest BCUT2D eigenvalue weighted by molar-refractivity contribution is 5.87. The van der Waals surface area contributed by atoms with Crippen LogP contribution in [0, 0.1) is 0 Å². The number of carbonyl (C=O) groups excluding carboxylic acids is 1. The van der Waals surface area contributed by atoms with Crippen LogP contribution in [0.2, 0.25) is 0 Å². The maximum atomic E-state index is 11.0. The Morgan fingerprint density at radius 1 is 2.00 bits per heavy atom. The van der Waals surface area contributed by atoms with Gasteiger partial charge in [-0.3, -0.25) is 4.68 Å². The predicted molar refractivity (Wildman–Crippen MR) is 34.5 cm³/mol. The van der Waals surface area contributed by atoms with Crippen LogP contribution >= 0.6 is 0 Å². The Morgan fingerprint density at radius 3 is 3.40 bits per heavy atom. The van der Waals surface area contributed by atoms with E-state index in [9.17, 15) is 4.79 Å². The van der Waals surface area contributed by atoms with Crippen LogP contribution < -0.4 is 0 Å². The lowest BCUT2D eigenvalue weighted by Gasteiger charge is -1.96. The fourth-order valence-corrected chi connectivity index (χ4v) is 0.562. The Morgan fingerprint density at radius 2 is 2.80 bits per heavy atom. The molecular weight excluding hydrogens is 132 g/mol. The van der Waals surface area contributed by atoms with Gasteiger partial charge in [0.2, 0.25) is 0 Å². The van der Waals surface area contributed by atoms with Gasteiger partial charge in [-0.25, -0.2) is 4.79 Å². The summed E-state index contributed by atoms with van der Waals surface area (Å²) in [7, 11) is 1.18. The number of aromatic nitrogens is 2. The fourth-order valence-electron chi connectivity index (χ4n) is 0.562. The van der Waals surface area contributed by atoms with E-state index in [4.69, 9.17) is 4.11 Å². The lowest BCUT2D eigenvalue weighted by molar-refractivity contribution is 0.0588. The monoisotopic (exact) mass is 143 g/mol. The number of hydrogen-bond donors (Lipinski definition) is 0. The van der Waals surface area contributed by atoms with E-state index < -0.39 is 12.9 Å². The van der Waals surface area contributed by atoms with Crippen molar-refractivity contribution in [1.82, 2.24) is 9.78 Å². The van der Waals surface area contributed by atoms with Crippen molar-refractivity contribution in [3.05, 3.63) is 18.0 Å². The standard InChI is InChI=1S/C6H8N2O2/c1-8-5(3-4-7-8)6(9)10-2/h3-4H,1-2H3/i1D3. The zero-order chi connectivity index (χ0) is 10.1. The summed E-state index contributed by atoms with van der Waals surface area (Å²) in [5.41, 5.74) is -0.0810. The largest absolute Gasteiger partial charge is 0.464 e. The average molecular weight is 143 g/mol. The lowest BCUT2D eigenvalue weighted by atomic mass is 10.4. The van der Waals surface area contributed by atoms with Crippen LogP contribution in [0.25, 0.3) is 0 Å². The Kier molecular flexibility index (Phi) is 0.943. The molecule has 0 saturated heterocycles. The third-order valence-corrected chi connectivity index (χ3v) is 1.04. The summed E-state index contributed by atoms with van der Waals surface area (Å²) in [6.07, 6.45) is 1.23. The highest BCUT2D eigenvalue weighted by atomic mass is 16.5. The molecule has 1 heterocycles. The molecule has 0 saturated carbocycles. The first-order valence-corrected chi connectivity index (χ1v) is 2.59. The Labute approximate surface area is 62.6 Å². The molecule has 4 heteroatoms. The number of ether oxygens (including phenoxy) is 1. The summed E-state index contributed by atoms with van der Waals surface area (Å²) in [5, 5.41) is 3.51. The molecule has 0 atom stereocenters. The third kappa shape index (κ3) is 1.00. The van der Waals surface area contributed by atoms with Crippen LogP contribution in [-0.2, 0) is 11.7 Å². The normalized spacial score (nSPS) is 15.1. The Bertz CT molecular complexity index is 318. The first kappa shape index (κ1) is 3.75. The molecule has 0 bridgehead atoms. The predicted octanol–water partition coefficient (Wildman–Crippen LogP) is 0.207. The summed E-state index contributed by atoms with van der Waals surface area (Å²) < 4.78 is 26.1. The van der Waals surface area contributed by atoms with Gasteiger partial charge in [0, 0.05) is 17.3 Å². The highest BCUT2D eigenvalue weighted by Gasteiger charge is 2.07. The van der Waals surface area contributed by atoms with Gasteiger partial charge in [0.25, 0.3) is 0 Å². The van der Waals surface area contributed by atoms with Crippen molar-refractivity contribution in [1.29, 1.82) is 0 Å². The van der Waals surface area contributed by atoms with Crippen molar-refractivity contribution >= 4 is 5.97 Å². The maximum absolute atomic E-state index is 11.0. The molecule has 0 spiro atoms. The minimum atomic E-state index is -2.45. The Hall–Kier alpha value is -1.32. The number of aryl methyl sites for hydroxylation is 1. The number of hydrogen-bond acceptors (Lipinski definition) is 3. The first-order valence-electron chi connectivity index (χ1n) is 4.09. The second kappa shape index (κ2) is 2.51. The van der Waals surface area contributed by atoms with Crippen LogP contribution in [-0.4, -0.2) is 22.9 Å². The molecular formula is C6H8N2O2. The summed E-state index contributed by atoms with van der Waals surface area (Å²) in [5.74, 6) is -0.714. The number of carbonyl (C=O) groups is 1. The van der Waals surface area contributed by atoms with E-state index in [0.29, 0.717) is 4.68 Å². The molecule has 0 amide bonds. The smallest absolute Gasteiger partial charge is 0.356 e. The van der Waals surface area contributed by atoms with Crippen molar-refractivity contribution < 1.29 is 13.6 Å². The van der Waals surface area contributed by atoms with E-state index in [-0.39, 0.29) is 5.69 Å². The molecule has 0 N–H and O–H groups in total. The second-order valence-electron chi connectivity index (χ2n) is 1.62. The number of rotatable bonds is 1. The van der Waals surface area contributed by atoms with Crippen LogP contribution in [0.15, 0.2) is 12.3 Å².